The second-order valence-corrected chi connectivity index (χ2v) is 3.26. The Hall–Kier alpha value is -2.36. The van der Waals surface area contributed by atoms with Gasteiger partial charge in [-0.25, -0.2) is 4.79 Å². The molecule has 2 rings (SSSR count). The topological polar surface area (TPSA) is 70.4 Å². The summed E-state index contributed by atoms with van der Waals surface area (Å²) in [4.78, 5) is 15.0. The Balaban J connectivity index is 2.60. The van der Waals surface area contributed by atoms with Gasteiger partial charge in [0.25, 0.3) is 0 Å². The number of pyridine rings is 1. The third-order valence-electron chi connectivity index (χ3n) is 2.16. The Bertz CT molecular complexity index is 537. The molecule has 0 amide bonds. The second kappa shape index (κ2) is 4.02. The first-order valence-electron chi connectivity index (χ1n) is 4.66. The predicted octanol–water partition coefficient (Wildman–Crippen LogP) is 2.15. The number of phenolic OH excluding ortho intramolecular Hbond substituents is 1. The molecule has 1 aromatic heterocycles. The zero-order chi connectivity index (χ0) is 11.5. The lowest BCUT2D eigenvalue weighted by atomic mass is 10.1. The van der Waals surface area contributed by atoms with E-state index in [1.165, 1.54) is 24.4 Å². The molecule has 0 aliphatic rings. The summed E-state index contributed by atoms with van der Waals surface area (Å²) in [6, 6.07) is 9.39. The molecule has 0 radical (unpaired) electrons. The van der Waals surface area contributed by atoms with Gasteiger partial charge in [0.05, 0.1) is 11.3 Å². The van der Waals surface area contributed by atoms with E-state index in [1.54, 1.807) is 18.2 Å². The van der Waals surface area contributed by atoms with Gasteiger partial charge in [0, 0.05) is 11.8 Å². The lowest BCUT2D eigenvalue weighted by molar-refractivity contribution is 0.0697. The summed E-state index contributed by atoms with van der Waals surface area (Å²) >= 11 is 0. The van der Waals surface area contributed by atoms with Crippen LogP contribution in [0.1, 0.15) is 10.4 Å². The molecule has 16 heavy (non-hydrogen) atoms. The number of carboxylic acid groups (broad SMARTS) is 1. The van der Waals surface area contributed by atoms with Crippen LogP contribution in [0.25, 0.3) is 11.3 Å². The van der Waals surface area contributed by atoms with Crippen LogP contribution in [-0.2, 0) is 0 Å². The van der Waals surface area contributed by atoms with E-state index in [2.05, 4.69) is 4.98 Å². The standard InChI is InChI=1S/C12H9NO3/c14-9-4-1-3-8(7-9)11-10(12(15)16)5-2-6-13-11/h1-7,14H,(H,15,16). The largest absolute Gasteiger partial charge is 0.508 e. The van der Waals surface area contributed by atoms with Gasteiger partial charge in [0.2, 0.25) is 0 Å². The van der Waals surface area contributed by atoms with Gasteiger partial charge in [0.1, 0.15) is 5.75 Å². The van der Waals surface area contributed by atoms with Crippen molar-refractivity contribution in [3.8, 4) is 17.0 Å². The zero-order valence-electron chi connectivity index (χ0n) is 8.29. The highest BCUT2D eigenvalue weighted by atomic mass is 16.4. The first kappa shape index (κ1) is 10.2. The minimum absolute atomic E-state index is 0.0829. The first-order chi connectivity index (χ1) is 7.68. The number of hydrogen-bond donors (Lipinski definition) is 2. The van der Waals surface area contributed by atoms with Crippen molar-refractivity contribution < 1.29 is 15.0 Å². The van der Waals surface area contributed by atoms with E-state index in [0.717, 1.165) is 0 Å². The van der Waals surface area contributed by atoms with E-state index in [4.69, 9.17) is 5.11 Å². The molecule has 4 nitrogen and oxygen atoms in total. The maximum Gasteiger partial charge on any atom is 0.337 e. The highest BCUT2D eigenvalue weighted by molar-refractivity contribution is 5.94. The number of rotatable bonds is 2. The molecule has 1 heterocycles. The Morgan fingerprint density at radius 2 is 2.00 bits per heavy atom. The molecule has 0 fully saturated rings. The van der Waals surface area contributed by atoms with Crippen LogP contribution < -0.4 is 0 Å². The van der Waals surface area contributed by atoms with Gasteiger partial charge in [-0.3, -0.25) is 4.98 Å². The summed E-state index contributed by atoms with van der Waals surface area (Å²) in [5, 5.41) is 18.3. The SMILES string of the molecule is O=C(O)c1cccnc1-c1cccc(O)c1. The number of benzene rings is 1. The van der Waals surface area contributed by atoms with Crippen LogP contribution in [-0.4, -0.2) is 21.2 Å². The molecule has 4 heteroatoms. The van der Waals surface area contributed by atoms with Gasteiger partial charge >= 0.3 is 5.97 Å². The predicted molar refractivity (Wildman–Crippen MR) is 58.3 cm³/mol. The van der Waals surface area contributed by atoms with E-state index in [9.17, 15) is 9.90 Å². The fourth-order valence-corrected chi connectivity index (χ4v) is 1.46. The summed E-state index contributed by atoms with van der Waals surface area (Å²) in [6.45, 7) is 0. The minimum Gasteiger partial charge on any atom is -0.508 e. The maximum absolute atomic E-state index is 11.0. The van der Waals surface area contributed by atoms with Crippen molar-refractivity contribution in [2.75, 3.05) is 0 Å². The monoisotopic (exact) mass is 215 g/mol. The number of carbonyl (C=O) groups is 1. The van der Waals surface area contributed by atoms with Crippen LogP contribution in [0.5, 0.6) is 5.75 Å². The average molecular weight is 215 g/mol. The van der Waals surface area contributed by atoms with Crippen LogP contribution >= 0.6 is 0 Å². The van der Waals surface area contributed by atoms with Crippen LogP contribution in [0, 0.1) is 0 Å². The van der Waals surface area contributed by atoms with Crippen LogP contribution in [0.15, 0.2) is 42.6 Å². The summed E-state index contributed by atoms with van der Waals surface area (Å²) in [5.74, 6) is -0.953. The molecular weight excluding hydrogens is 206 g/mol. The van der Waals surface area contributed by atoms with Crippen molar-refractivity contribution in [1.29, 1.82) is 0 Å². The molecule has 2 N–H and O–H groups in total. The first-order valence-corrected chi connectivity index (χ1v) is 4.66. The van der Waals surface area contributed by atoms with Crippen molar-refractivity contribution in [3.63, 3.8) is 0 Å². The quantitative estimate of drug-likeness (QED) is 0.805. The number of carboxylic acids is 1. The highest BCUT2D eigenvalue weighted by Gasteiger charge is 2.12. The minimum atomic E-state index is -1.04. The second-order valence-electron chi connectivity index (χ2n) is 3.26. The molecule has 0 saturated carbocycles. The molecule has 0 atom stereocenters. The van der Waals surface area contributed by atoms with E-state index in [0.29, 0.717) is 11.3 Å². The zero-order valence-corrected chi connectivity index (χ0v) is 8.29. The molecule has 0 bridgehead atoms. The molecule has 0 aliphatic carbocycles. The summed E-state index contributed by atoms with van der Waals surface area (Å²) in [7, 11) is 0. The molecule has 0 spiro atoms. The Labute approximate surface area is 91.8 Å². The van der Waals surface area contributed by atoms with Crippen LogP contribution in [0.4, 0.5) is 0 Å². The highest BCUT2D eigenvalue weighted by Crippen LogP contribution is 2.24. The van der Waals surface area contributed by atoms with Crippen LogP contribution in [0.3, 0.4) is 0 Å². The van der Waals surface area contributed by atoms with Gasteiger partial charge in [-0.15, -0.1) is 0 Å². The lowest BCUT2D eigenvalue weighted by Crippen LogP contribution is -2.00. The van der Waals surface area contributed by atoms with Gasteiger partial charge in [-0.2, -0.15) is 0 Å². The fraction of sp³-hybridized carbons (Fsp3) is 0. The summed E-state index contributed by atoms with van der Waals surface area (Å²) in [5.41, 5.74) is 1.05. The molecular formula is C12H9NO3. The van der Waals surface area contributed by atoms with E-state index in [-0.39, 0.29) is 11.3 Å². The van der Waals surface area contributed by atoms with Crippen molar-refractivity contribution in [2.45, 2.75) is 0 Å². The van der Waals surface area contributed by atoms with E-state index < -0.39 is 5.97 Å². The summed E-state index contributed by atoms with van der Waals surface area (Å²) < 4.78 is 0. The van der Waals surface area contributed by atoms with Gasteiger partial charge < -0.3 is 10.2 Å². The van der Waals surface area contributed by atoms with Crippen molar-refractivity contribution in [1.82, 2.24) is 4.98 Å². The lowest BCUT2D eigenvalue weighted by Gasteiger charge is -2.04. The number of phenols is 1. The molecule has 0 saturated heterocycles. The van der Waals surface area contributed by atoms with Crippen molar-refractivity contribution in [3.05, 3.63) is 48.2 Å². The average Bonchev–Trinajstić information content (AvgIpc) is 2.29. The number of nitrogens with zero attached hydrogens (tertiary/aromatic N) is 1. The number of aromatic nitrogens is 1. The summed E-state index contributed by atoms with van der Waals surface area (Å²) in [6.07, 6.45) is 1.52. The Morgan fingerprint density at radius 1 is 1.19 bits per heavy atom. The third kappa shape index (κ3) is 1.86. The van der Waals surface area contributed by atoms with Crippen LogP contribution in [0.2, 0.25) is 0 Å². The number of hydrogen-bond acceptors (Lipinski definition) is 3. The Morgan fingerprint density at radius 3 is 2.69 bits per heavy atom. The molecule has 2 aromatic rings. The maximum atomic E-state index is 11.0. The Kier molecular flexibility index (Phi) is 2.55. The fourth-order valence-electron chi connectivity index (χ4n) is 1.46. The normalized spacial score (nSPS) is 10.0. The third-order valence-corrected chi connectivity index (χ3v) is 2.16. The van der Waals surface area contributed by atoms with Gasteiger partial charge in [-0.1, -0.05) is 12.1 Å². The smallest absolute Gasteiger partial charge is 0.337 e. The van der Waals surface area contributed by atoms with Crippen molar-refractivity contribution >= 4 is 5.97 Å². The number of aromatic carboxylic acids is 1. The van der Waals surface area contributed by atoms with E-state index >= 15 is 0 Å². The molecule has 0 unspecified atom stereocenters. The molecule has 1 aromatic carbocycles. The van der Waals surface area contributed by atoms with Gasteiger partial charge in [-0.05, 0) is 24.3 Å². The molecule has 80 valence electrons. The van der Waals surface area contributed by atoms with Crippen molar-refractivity contribution in [2.24, 2.45) is 0 Å². The molecule has 0 aliphatic heterocycles. The van der Waals surface area contributed by atoms with Gasteiger partial charge in [0.15, 0.2) is 0 Å². The van der Waals surface area contributed by atoms with E-state index in [1.807, 2.05) is 0 Å². The number of aromatic hydroxyl groups is 1.